The number of benzene rings is 1. The monoisotopic (exact) mass is 465 g/mol. The first-order valence-electron chi connectivity index (χ1n) is 11.1. The van der Waals surface area contributed by atoms with E-state index < -0.39 is 18.4 Å². The van der Waals surface area contributed by atoms with Crippen LogP contribution in [0.3, 0.4) is 0 Å². The molecule has 0 aliphatic heterocycles. The predicted molar refractivity (Wildman–Crippen MR) is 127 cm³/mol. The number of thiophene rings is 1. The number of unbranched alkanes of at least 4 members (excludes halogenated alkanes) is 1. The Morgan fingerprint density at radius 2 is 1.88 bits per heavy atom. The number of amides is 2. The van der Waals surface area contributed by atoms with Crippen molar-refractivity contribution in [2.45, 2.75) is 65.0 Å². The lowest BCUT2D eigenvalue weighted by molar-refractivity contribution is -0.179. The first kappa shape index (κ1) is 26.1. The molecule has 0 spiro atoms. The molecular weight excluding hydrogens is 430 g/mol. The molecule has 8 nitrogen and oxygen atoms in total. The van der Waals surface area contributed by atoms with Gasteiger partial charge >= 0.3 is 6.09 Å². The number of nitrogens with two attached hydrogens (primary N) is 1. The van der Waals surface area contributed by atoms with Gasteiger partial charge in [-0.15, -0.1) is 11.3 Å². The van der Waals surface area contributed by atoms with Gasteiger partial charge in [0.15, 0.2) is 6.29 Å². The van der Waals surface area contributed by atoms with Gasteiger partial charge in [-0.3, -0.25) is 4.79 Å². The molecule has 0 aliphatic carbocycles. The van der Waals surface area contributed by atoms with Crippen LogP contribution in [-0.2, 0) is 20.8 Å². The highest BCUT2D eigenvalue weighted by Crippen LogP contribution is 2.28. The standard InChI is InChI=1S/C23H35N3O5S/c1-4-30-22(31-5-2)16(3)26(14-17-15-32-20-12-7-6-10-18(17)20)21(27)19(24)11-8-9-13-25-23(28)29/h6-7,10,12,15-16,19,22,25H,4-5,8-9,11,13-14,24H2,1-3H3,(H,28,29). The number of carbonyl (C=O) groups is 2. The summed E-state index contributed by atoms with van der Waals surface area (Å²) in [6.45, 7) is 7.42. The average molecular weight is 466 g/mol. The zero-order valence-corrected chi connectivity index (χ0v) is 19.9. The average Bonchev–Trinajstić information content (AvgIpc) is 3.18. The van der Waals surface area contributed by atoms with E-state index in [1.54, 1.807) is 16.2 Å². The van der Waals surface area contributed by atoms with Gasteiger partial charge in [-0.25, -0.2) is 4.79 Å². The van der Waals surface area contributed by atoms with E-state index >= 15 is 0 Å². The van der Waals surface area contributed by atoms with Gasteiger partial charge in [0.05, 0.1) is 12.1 Å². The van der Waals surface area contributed by atoms with Crippen LogP contribution in [0.25, 0.3) is 10.1 Å². The third kappa shape index (κ3) is 7.44. The lowest BCUT2D eigenvalue weighted by Crippen LogP contribution is -2.52. The quantitative estimate of drug-likeness (QED) is 0.289. The molecule has 9 heteroatoms. The molecule has 1 heterocycles. The number of nitrogens with one attached hydrogen (secondary N) is 1. The van der Waals surface area contributed by atoms with E-state index in [2.05, 4.69) is 22.8 Å². The first-order chi connectivity index (χ1) is 15.4. The van der Waals surface area contributed by atoms with E-state index in [1.165, 1.54) is 4.70 Å². The van der Waals surface area contributed by atoms with Crippen molar-refractivity contribution in [3.05, 3.63) is 35.2 Å². The highest BCUT2D eigenvalue weighted by Gasteiger charge is 2.31. The van der Waals surface area contributed by atoms with Gasteiger partial charge < -0.3 is 30.5 Å². The molecule has 0 bridgehead atoms. The predicted octanol–water partition coefficient (Wildman–Crippen LogP) is 3.78. The summed E-state index contributed by atoms with van der Waals surface area (Å²) in [4.78, 5) is 25.7. The summed E-state index contributed by atoms with van der Waals surface area (Å²) in [6.07, 6.45) is 0.147. The second-order valence-corrected chi connectivity index (χ2v) is 8.49. The molecule has 0 fully saturated rings. The molecule has 178 valence electrons. The zero-order valence-electron chi connectivity index (χ0n) is 19.1. The summed E-state index contributed by atoms with van der Waals surface area (Å²) in [5.74, 6) is -0.164. The van der Waals surface area contributed by atoms with E-state index in [0.717, 1.165) is 10.9 Å². The normalized spacial score (nSPS) is 13.3. The van der Waals surface area contributed by atoms with Crippen LogP contribution in [0.2, 0.25) is 0 Å². The van der Waals surface area contributed by atoms with Crippen molar-refractivity contribution in [3.63, 3.8) is 0 Å². The van der Waals surface area contributed by atoms with Crippen LogP contribution in [-0.4, -0.2) is 60.1 Å². The highest BCUT2D eigenvalue weighted by molar-refractivity contribution is 7.17. The molecular formula is C23H35N3O5S. The Balaban J connectivity index is 2.16. The Hall–Kier alpha value is -2.20. The fourth-order valence-corrected chi connectivity index (χ4v) is 4.54. The Bertz CT molecular complexity index is 853. The van der Waals surface area contributed by atoms with Crippen LogP contribution in [0.15, 0.2) is 29.6 Å². The molecule has 2 atom stereocenters. The molecule has 2 amide bonds. The molecule has 2 rings (SSSR count). The molecule has 0 radical (unpaired) electrons. The number of carbonyl (C=O) groups excluding carboxylic acids is 1. The van der Waals surface area contributed by atoms with E-state index in [1.807, 2.05) is 32.9 Å². The Labute approximate surface area is 193 Å². The summed E-state index contributed by atoms with van der Waals surface area (Å²) in [5, 5.41) is 14.2. The van der Waals surface area contributed by atoms with Gasteiger partial charge in [-0.1, -0.05) is 18.2 Å². The SMILES string of the molecule is CCOC(OCC)C(C)N(Cc1csc2ccccc12)C(=O)C(N)CCCCNC(=O)O. The molecule has 0 aliphatic rings. The molecule has 0 saturated heterocycles. The van der Waals surface area contributed by atoms with Gasteiger partial charge in [0.2, 0.25) is 5.91 Å². The van der Waals surface area contributed by atoms with E-state index in [4.69, 9.17) is 20.3 Å². The van der Waals surface area contributed by atoms with Crippen molar-refractivity contribution in [3.8, 4) is 0 Å². The maximum absolute atomic E-state index is 13.4. The van der Waals surface area contributed by atoms with Crippen molar-refractivity contribution < 1.29 is 24.2 Å². The molecule has 32 heavy (non-hydrogen) atoms. The summed E-state index contributed by atoms with van der Waals surface area (Å²) in [5.41, 5.74) is 7.35. The number of hydrogen-bond acceptors (Lipinski definition) is 6. The molecule has 4 N–H and O–H groups in total. The van der Waals surface area contributed by atoms with Crippen LogP contribution < -0.4 is 11.1 Å². The fraction of sp³-hybridized carbons (Fsp3) is 0.565. The number of carboxylic acid groups (broad SMARTS) is 1. The zero-order chi connectivity index (χ0) is 23.5. The van der Waals surface area contributed by atoms with Gasteiger partial charge in [0.1, 0.15) is 0 Å². The maximum atomic E-state index is 13.4. The molecule has 2 aromatic rings. The third-order valence-corrected chi connectivity index (χ3v) is 6.28. The molecule has 1 aromatic heterocycles. The summed E-state index contributed by atoms with van der Waals surface area (Å²) >= 11 is 1.65. The van der Waals surface area contributed by atoms with E-state index in [-0.39, 0.29) is 11.9 Å². The van der Waals surface area contributed by atoms with Crippen LogP contribution in [0.1, 0.15) is 45.6 Å². The van der Waals surface area contributed by atoms with Gasteiger partial charge in [0.25, 0.3) is 0 Å². The van der Waals surface area contributed by atoms with Crippen molar-refractivity contribution >= 4 is 33.4 Å². The summed E-state index contributed by atoms with van der Waals surface area (Å²) in [7, 11) is 0. The van der Waals surface area contributed by atoms with Crippen LogP contribution in [0.4, 0.5) is 4.79 Å². The Morgan fingerprint density at radius 3 is 2.53 bits per heavy atom. The van der Waals surface area contributed by atoms with Crippen molar-refractivity contribution in [1.29, 1.82) is 0 Å². The van der Waals surface area contributed by atoms with Crippen molar-refractivity contribution in [2.24, 2.45) is 5.73 Å². The van der Waals surface area contributed by atoms with Crippen LogP contribution >= 0.6 is 11.3 Å². The van der Waals surface area contributed by atoms with Crippen LogP contribution in [0.5, 0.6) is 0 Å². The van der Waals surface area contributed by atoms with Crippen LogP contribution in [0, 0.1) is 0 Å². The minimum atomic E-state index is -1.05. The van der Waals surface area contributed by atoms with E-state index in [0.29, 0.717) is 45.6 Å². The molecule has 0 saturated carbocycles. The van der Waals surface area contributed by atoms with Gasteiger partial charge in [-0.05, 0) is 62.4 Å². The molecule has 1 aromatic carbocycles. The topological polar surface area (TPSA) is 114 Å². The number of ether oxygens (including phenoxy) is 2. The minimum Gasteiger partial charge on any atom is -0.465 e. The summed E-state index contributed by atoms with van der Waals surface area (Å²) < 4.78 is 12.7. The van der Waals surface area contributed by atoms with Gasteiger partial charge in [-0.2, -0.15) is 0 Å². The third-order valence-electron chi connectivity index (χ3n) is 5.27. The Morgan fingerprint density at radius 1 is 1.19 bits per heavy atom. The Kier molecular flexibility index (Phi) is 10.9. The smallest absolute Gasteiger partial charge is 0.404 e. The second kappa shape index (κ2) is 13.4. The lowest BCUT2D eigenvalue weighted by atomic mass is 10.1. The minimum absolute atomic E-state index is 0.164. The number of nitrogens with zero attached hydrogens (tertiary/aromatic N) is 1. The first-order valence-corrected chi connectivity index (χ1v) is 12.0. The number of hydrogen-bond donors (Lipinski definition) is 3. The largest absolute Gasteiger partial charge is 0.465 e. The van der Waals surface area contributed by atoms with Crippen molar-refractivity contribution in [2.75, 3.05) is 19.8 Å². The fourth-order valence-electron chi connectivity index (χ4n) is 3.58. The number of rotatable bonds is 14. The molecule has 2 unspecified atom stereocenters. The van der Waals surface area contributed by atoms with E-state index in [9.17, 15) is 9.59 Å². The maximum Gasteiger partial charge on any atom is 0.404 e. The number of fused-ring (bicyclic) bond motifs is 1. The van der Waals surface area contributed by atoms with Gasteiger partial charge in [0, 0.05) is 31.0 Å². The van der Waals surface area contributed by atoms with Crippen molar-refractivity contribution in [1.82, 2.24) is 10.2 Å². The highest BCUT2D eigenvalue weighted by atomic mass is 32.1. The second-order valence-electron chi connectivity index (χ2n) is 7.58. The lowest BCUT2D eigenvalue weighted by Gasteiger charge is -2.35. The summed E-state index contributed by atoms with van der Waals surface area (Å²) in [6, 6.07) is 7.11.